The highest BCUT2D eigenvalue weighted by Gasteiger charge is 2.14. The van der Waals surface area contributed by atoms with Crippen molar-refractivity contribution in [3.63, 3.8) is 0 Å². The highest BCUT2D eigenvalue weighted by molar-refractivity contribution is 9.10. The summed E-state index contributed by atoms with van der Waals surface area (Å²) >= 11 is 2.89. The number of halogens is 4. The maximum atomic E-state index is 13.0. The second-order valence-electron chi connectivity index (χ2n) is 2.25. The molecule has 0 aliphatic rings. The van der Waals surface area contributed by atoms with E-state index in [4.69, 9.17) is 5.26 Å². The molecule has 0 saturated carbocycles. The second-order valence-corrected chi connectivity index (χ2v) is 3.17. The van der Waals surface area contributed by atoms with Gasteiger partial charge in [0.2, 0.25) is 0 Å². The van der Waals surface area contributed by atoms with Gasteiger partial charge in [-0.25, -0.2) is 4.39 Å². The first-order valence-corrected chi connectivity index (χ1v) is 4.18. The van der Waals surface area contributed by atoms with E-state index < -0.39 is 23.7 Å². The lowest BCUT2D eigenvalue weighted by Crippen LogP contribution is -2.04. The molecule has 0 fully saturated rings. The van der Waals surface area contributed by atoms with Gasteiger partial charge in [0.05, 0.1) is 0 Å². The zero-order chi connectivity index (χ0) is 10.7. The quantitative estimate of drug-likeness (QED) is 0.824. The number of rotatable bonds is 2. The lowest BCUT2D eigenvalue weighted by Gasteiger charge is -2.07. The SMILES string of the molecule is N#Cc1c(F)cc(Br)cc1OC(F)F. The molecule has 74 valence electrons. The van der Waals surface area contributed by atoms with E-state index in [1.807, 2.05) is 0 Å². The van der Waals surface area contributed by atoms with Crippen LogP contribution in [-0.4, -0.2) is 6.61 Å². The molecule has 1 aromatic rings. The van der Waals surface area contributed by atoms with Gasteiger partial charge in [-0.3, -0.25) is 0 Å². The third-order valence-corrected chi connectivity index (χ3v) is 1.80. The summed E-state index contributed by atoms with van der Waals surface area (Å²) in [5, 5.41) is 8.47. The van der Waals surface area contributed by atoms with Crippen molar-refractivity contribution in [2.45, 2.75) is 6.61 Å². The Morgan fingerprint density at radius 2 is 2.07 bits per heavy atom. The summed E-state index contributed by atoms with van der Waals surface area (Å²) in [5.41, 5.74) is -0.534. The Morgan fingerprint density at radius 1 is 1.43 bits per heavy atom. The maximum Gasteiger partial charge on any atom is 0.387 e. The van der Waals surface area contributed by atoms with Gasteiger partial charge in [-0.1, -0.05) is 15.9 Å². The monoisotopic (exact) mass is 265 g/mol. The molecule has 0 aliphatic carbocycles. The largest absolute Gasteiger partial charge is 0.433 e. The van der Waals surface area contributed by atoms with Crippen molar-refractivity contribution in [2.24, 2.45) is 0 Å². The Bertz CT molecular complexity index is 389. The summed E-state index contributed by atoms with van der Waals surface area (Å²) < 4.78 is 40.8. The number of hydrogen-bond acceptors (Lipinski definition) is 2. The highest BCUT2D eigenvalue weighted by Crippen LogP contribution is 2.27. The topological polar surface area (TPSA) is 33.0 Å². The normalized spacial score (nSPS) is 10.0. The molecule has 0 saturated heterocycles. The van der Waals surface area contributed by atoms with Crippen molar-refractivity contribution in [1.82, 2.24) is 0 Å². The van der Waals surface area contributed by atoms with Gasteiger partial charge in [0.25, 0.3) is 0 Å². The zero-order valence-electron chi connectivity index (χ0n) is 6.60. The standard InChI is InChI=1S/C8H3BrF3NO/c9-4-1-6(10)5(3-13)7(2-4)14-8(11)12/h1-2,8H. The molecule has 0 radical (unpaired) electrons. The lowest BCUT2D eigenvalue weighted by molar-refractivity contribution is -0.0502. The lowest BCUT2D eigenvalue weighted by atomic mass is 10.2. The van der Waals surface area contributed by atoms with Crippen molar-refractivity contribution < 1.29 is 17.9 Å². The van der Waals surface area contributed by atoms with Gasteiger partial charge < -0.3 is 4.74 Å². The summed E-state index contributed by atoms with van der Waals surface area (Å²) in [4.78, 5) is 0. The number of nitriles is 1. The molecule has 14 heavy (non-hydrogen) atoms. The first-order valence-electron chi connectivity index (χ1n) is 3.38. The molecule has 1 aromatic carbocycles. The molecule has 0 N–H and O–H groups in total. The average molecular weight is 266 g/mol. The summed E-state index contributed by atoms with van der Waals surface area (Å²) in [5.74, 6) is -1.38. The zero-order valence-corrected chi connectivity index (χ0v) is 8.19. The van der Waals surface area contributed by atoms with Gasteiger partial charge in [-0.2, -0.15) is 14.0 Å². The summed E-state index contributed by atoms with van der Waals surface area (Å²) in [6.45, 7) is -3.09. The van der Waals surface area contributed by atoms with Crippen LogP contribution >= 0.6 is 15.9 Å². The van der Waals surface area contributed by atoms with Crippen LogP contribution in [0.25, 0.3) is 0 Å². The van der Waals surface area contributed by atoms with Gasteiger partial charge in [-0.05, 0) is 12.1 Å². The van der Waals surface area contributed by atoms with Gasteiger partial charge in [0, 0.05) is 4.47 Å². The number of benzene rings is 1. The molecule has 0 amide bonds. The average Bonchev–Trinajstić information content (AvgIpc) is 2.01. The van der Waals surface area contributed by atoms with Crippen molar-refractivity contribution in [1.29, 1.82) is 5.26 Å². The number of ether oxygens (including phenoxy) is 1. The maximum absolute atomic E-state index is 13.0. The van der Waals surface area contributed by atoms with Crippen molar-refractivity contribution in [3.8, 4) is 11.8 Å². The number of hydrogen-bond donors (Lipinski definition) is 0. The van der Waals surface area contributed by atoms with Crippen LogP contribution in [0.3, 0.4) is 0 Å². The van der Waals surface area contributed by atoms with Gasteiger partial charge in [0.15, 0.2) is 0 Å². The minimum Gasteiger partial charge on any atom is -0.433 e. The Balaban J connectivity index is 3.20. The first kappa shape index (κ1) is 10.9. The van der Waals surface area contributed by atoms with E-state index in [1.54, 1.807) is 0 Å². The Kier molecular flexibility index (Phi) is 3.36. The minimum absolute atomic E-state index is 0.227. The van der Waals surface area contributed by atoms with Crippen LogP contribution in [0.5, 0.6) is 5.75 Å². The minimum atomic E-state index is -3.09. The fourth-order valence-corrected chi connectivity index (χ4v) is 1.26. The third-order valence-electron chi connectivity index (χ3n) is 1.35. The Hall–Kier alpha value is -1.22. The van der Waals surface area contributed by atoms with Crippen molar-refractivity contribution in [3.05, 3.63) is 28.0 Å². The van der Waals surface area contributed by atoms with Crippen molar-refractivity contribution in [2.75, 3.05) is 0 Å². The molecule has 1 rings (SSSR count). The molecule has 0 bridgehead atoms. The van der Waals surface area contributed by atoms with Crippen molar-refractivity contribution >= 4 is 15.9 Å². The van der Waals surface area contributed by atoms with E-state index in [9.17, 15) is 13.2 Å². The van der Waals surface area contributed by atoms with Crippen LogP contribution in [0, 0.1) is 17.1 Å². The molecule has 0 spiro atoms. The highest BCUT2D eigenvalue weighted by atomic mass is 79.9. The molecule has 0 heterocycles. The fraction of sp³-hybridized carbons (Fsp3) is 0.125. The number of alkyl halides is 2. The van der Waals surface area contributed by atoms with E-state index in [0.29, 0.717) is 0 Å². The van der Waals surface area contributed by atoms with Gasteiger partial charge >= 0.3 is 6.61 Å². The molecule has 0 aromatic heterocycles. The molecular weight excluding hydrogens is 263 g/mol. The predicted octanol–water partition coefficient (Wildman–Crippen LogP) is 3.06. The van der Waals surface area contributed by atoms with Crippen LogP contribution < -0.4 is 4.74 Å². The van der Waals surface area contributed by atoms with E-state index in [-0.39, 0.29) is 4.47 Å². The summed E-state index contributed by atoms with van der Waals surface area (Å²) in [6.07, 6.45) is 0. The van der Waals surface area contributed by atoms with E-state index >= 15 is 0 Å². The summed E-state index contributed by atoms with van der Waals surface area (Å²) in [7, 11) is 0. The molecular formula is C8H3BrF3NO. The molecule has 0 unspecified atom stereocenters. The smallest absolute Gasteiger partial charge is 0.387 e. The van der Waals surface area contributed by atoms with E-state index in [2.05, 4.69) is 20.7 Å². The summed E-state index contributed by atoms with van der Waals surface area (Å²) in [6, 6.07) is 3.54. The molecule has 0 aliphatic heterocycles. The predicted molar refractivity (Wildman–Crippen MR) is 45.4 cm³/mol. The fourth-order valence-electron chi connectivity index (χ4n) is 0.847. The van der Waals surface area contributed by atoms with Crippen LogP contribution in [0.15, 0.2) is 16.6 Å². The van der Waals surface area contributed by atoms with Crippen LogP contribution in [-0.2, 0) is 0 Å². The molecule has 0 atom stereocenters. The van der Waals surface area contributed by atoms with Gasteiger partial charge in [-0.15, -0.1) is 0 Å². The van der Waals surface area contributed by atoms with Gasteiger partial charge in [0.1, 0.15) is 23.2 Å². The van der Waals surface area contributed by atoms with Crippen LogP contribution in [0.2, 0.25) is 0 Å². The molecule has 6 heteroatoms. The van der Waals surface area contributed by atoms with Crippen LogP contribution in [0.1, 0.15) is 5.56 Å². The molecule has 2 nitrogen and oxygen atoms in total. The van der Waals surface area contributed by atoms with Crippen LogP contribution in [0.4, 0.5) is 13.2 Å². The van der Waals surface area contributed by atoms with E-state index in [0.717, 1.165) is 12.1 Å². The Morgan fingerprint density at radius 3 is 2.57 bits per heavy atom. The second kappa shape index (κ2) is 4.33. The third kappa shape index (κ3) is 2.39. The van der Waals surface area contributed by atoms with E-state index in [1.165, 1.54) is 6.07 Å². The number of nitrogens with zero attached hydrogens (tertiary/aromatic N) is 1. The Labute approximate surface area is 86.0 Å². The first-order chi connectivity index (χ1) is 6.54.